The lowest BCUT2D eigenvalue weighted by molar-refractivity contribution is 0.146. The van der Waals surface area contributed by atoms with Crippen LogP contribution in [0.5, 0.6) is 5.75 Å². The third-order valence-corrected chi connectivity index (χ3v) is 5.80. The molecule has 0 aliphatic heterocycles. The van der Waals surface area contributed by atoms with Crippen LogP contribution in [0.25, 0.3) is 32.5 Å². The molecule has 0 saturated heterocycles. The molecular weight excluding hydrogens is 423 g/mol. The van der Waals surface area contributed by atoms with Crippen LogP contribution in [-0.4, -0.2) is 25.3 Å². The van der Waals surface area contributed by atoms with E-state index in [1.807, 2.05) is 17.5 Å². The molecule has 0 bridgehead atoms. The number of methoxy groups -OCH3 is 1. The van der Waals surface area contributed by atoms with Gasteiger partial charge in [0.2, 0.25) is 0 Å². The molecule has 7 heteroatoms. The highest BCUT2D eigenvalue weighted by Crippen LogP contribution is 2.45. The van der Waals surface area contributed by atoms with Crippen molar-refractivity contribution in [1.82, 2.24) is 4.98 Å². The highest BCUT2D eigenvalue weighted by atomic mass is 35.5. The maximum atomic E-state index is 14.0. The highest BCUT2D eigenvalue weighted by molar-refractivity contribution is 7.18. The van der Waals surface area contributed by atoms with Gasteiger partial charge in [0, 0.05) is 40.0 Å². The monoisotopic (exact) mass is 438 g/mol. The Hall–Kier alpha value is -2.98. The number of nitrogens with zero attached hydrogens (tertiary/aromatic N) is 2. The summed E-state index contributed by atoms with van der Waals surface area (Å²) in [6, 6.07) is 15.6. The van der Waals surface area contributed by atoms with E-state index in [4.69, 9.17) is 21.1 Å². The summed E-state index contributed by atoms with van der Waals surface area (Å²) in [5.74, 6) is -0.00731. The smallest absolute Gasteiger partial charge is 0.138 e. The summed E-state index contributed by atoms with van der Waals surface area (Å²) in [6.07, 6.45) is 0. The summed E-state index contributed by atoms with van der Waals surface area (Å²) in [6.45, 7) is 0.654. The number of fused-ring (bicyclic) bond motifs is 1. The molecule has 2 aromatic carbocycles. The molecule has 0 spiro atoms. The molecule has 0 fully saturated rings. The quantitative estimate of drug-likeness (QED) is 0.261. The fraction of sp³-hybridized carbons (Fsp3) is 0.130. The first-order valence-electron chi connectivity index (χ1n) is 9.11. The summed E-state index contributed by atoms with van der Waals surface area (Å²) < 4.78 is 25.8. The van der Waals surface area contributed by atoms with Gasteiger partial charge in [-0.2, -0.15) is 5.26 Å². The van der Waals surface area contributed by atoms with E-state index in [0.717, 1.165) is 21.2 Å². The van der Waals surface area contributed by atoms with Crippen molar-refractivity contribution in [3.8, 4) is 34.2 Å². The van der Waals surface area contributed by atoms with Crippen LogP contribution in [0.1, 0.15) is 5.56 Å². The molecule has 0 aliphatic carbocycles. The van der Waals surface area contributed by atoms with Crippen LogP contribution in [0.2, 0.25) is 5.15 Å². The Morgan fingerprint density at radius 1 is 1.17 bits per heavy atom. The number of rotatable bonds is 6. The molecule has 4 rings (SSSR count). The van der Waals surface area contributed by atoms with Crippen molar-refractivity contribution in [3.63, 3.8) is 0 Å². The van der Waals surface area contributed by atoms with Crippen LogP contribution >= 0.6 is 22.9 Å². The van der Waals surface area contributed by atoms with Gasteiger partial charge in [0.15, 0.2) is 0 Å². The Morgan fingerprint density at radius 3 is 2.83 bits per heavy atom. The first-order valence-corrected chi connectivity index (χ1v) is 10.4. The Balaban J connectivity index is 2.00. The minimum absolute atomic E-state index is 0.279. The zero-order valence-corrected chi connectivity index (χ0v) is 17.6. The van der Waals surface area contributed by atoms with Crippen LogP contribution in [-0.2, 0) is 4.74 Å². The first-order chi connectivity index (χ1) is 14.6. The lowest BCUT2D eigenvalue weighted by Gasteiger charge is -2.16. The Bertz CT molecular complexity index is 1270. The molecule has 0 aliphatic rings. The van der Waals surface area contributed by atoms with Crippen molar-refractivity contribution < 1.29 is 13.9 Å². The van der Waals surface area contributed by atoms with Gasteiger partial charge in [-0.1, -0.05) is 23.7 Å². The predicted molar refractivity (Wildman–Crippen MR) is 118 cm³/mol. The fourth-order valence-electron chi connectivity index (χ4n) is 3.24. The highest BCUT2D eigenvalue weighted by Gasteiger charge is 2.21. The molecular formula is C23H16ClFN2O2S. The number of nitriles is 1. The second kappa shape index (κ2) is 8.80. The Kier molecular flexibility index (Phi) is 5.96. The maximum absolute atomic E-state index is 14.0. The number of halogens is 2. The number of ether oxygens (including phenoxy) is 2. The van der Waals surface area contributed by atoms with Gasteiger partial charge in [0.1, 0.15) is 23.3 Å². The predicted octanol–water partition coefficient (Wildman–Crippen LogP) is 6.32. The van der Waals surface area contributed by atoms with E-state index >= 15 is 0 Å². The van der Waals surface area contributed by atoms with Gasteiger partial charge < -0.3 is 9.47 Å². The summed E-state index contributed by atoms with van der Waals surface area (Å²) in [5, 5.41) is 12.4. The largest absolute Gasteiger partial charge is 0.490 e. The van der Waals surface area contributed by atoms with Gasteiger partial charge in [-0.25, -0.2) is 9.37 Å². The Morgan fingerprint density at radius 2 is 2.03 bits per heavy atom. The zero-order valence-electron chi connectivity index (χ0n) is 16.0. The molecule has 2 aromatic heterocycles. The number of benzene rings is 2. The van der Waals surface area contributed by atoms with E-state index < -0.39 is 5.82 Å². The second-order valence-electron chi connectivity index (χ2n) is 6.46. The standard InChI is InChI=1S/C23H16ClFN2O2S/c1-28-8-9-29-19-12-16(25)5-6-17(19)20-21(15-4-2-3-14(11-15)13-26)27-23(24)18-7-10-30-22(18)20/h2-7,10-12H,8-9H2,1H3. The summed E-state index contributed by atoms with van der Waals surface area (Å²) in [4.78, 5) is 4.64. The molecule has 0 radical (unpaired) electrons. The molecule has 0 saturated carbocycles. The van der Waals surface area contributed by atoms with Crippen molar-refractivity contribution in [1.29, 1.82) is 5.26 Å². The third-order valence-electron chi connectivity index (χ3n) is 4.58. The summed E-state index contributed by atoms with van der Waals surface area (Å²) in [5.41, 5.74) is 3.34. The van der Waals surface area contributed by atoms with Crippen molar-refractivity contribution in [2.45, 2.75) is 0 Å². The van der Waals surface area contributed by atoms with Gasteiger partial charge in [-0.15, -0.1) is 11.3 Å². The van der Waals surface area contributed by atoms with Crippen LogP contribution in [0.15, 0.2) is 53.9 Å². The third kappa shape index (κ3) is 3.88. The van der Waals surface area contributed by atoms with Crippen LogP contribution in [0.3, 0.4) is 0 Å². The van der Waals surface area contributed by atoms with Crippen molar-refractivity contribution >= 4 is 33.0 Å². The molecule has 0 N–H and O–H groups in total. The average Bonchev–Trinajstić information content (AvgIpc) is 3.25. The summed E-state index contributed by atoms with van der Waals surface area (Å²) in [7, 11) is 1.58. The molecule has 4 nitrogen and oxygen atoms in total. The zero-order chi connectivity index (χ0) is 21.1. The van der Waals surface area contributed by atoms with Crippen molar-refractivity contribution in [3.05, 3.63) is 70.4 Å². The number of hydrogen-bond acceptors (Lipinski definition) is 5. The fourth-order valence-corrected chi connectivity index (χ4v) is 4.49. The summed E-state index contributed by atoms with van der Waals surface area (Å²) >= 11 is 8.00. The lowest BCUT2D eigenvalue weighted by atomic mass is 9.96. The SMILES string of the molecule is COCCOc1cc(F)ccc1-c1c(-c2cccc(C#N)c2)nc(Cl)c2ccsc12. The van der Waals surface area contributed by atoms with Gasteiger partial charge >= 0.3 is 0 Å². The van der Waals surface area contributed by atoms with E-state index in [1.54, 1.807) is 31.4 Å². The minimum atomic E-state index is -0.399. The van der Waals surface area contributed by atoms with Gasteiger partial charge in [-0.05, 0) is 35.7 Å². The van der Waals surface area contributed by atoms with E-state index in [1.165, 1.54) is 23.5 Å². The number of pyridine rings is 1. The second-order valence-corrected chi connectivity index (χ2v) is 7.74. The molecule has 0 unspecified atom stereocenters. The molecule has 4 aromatic rings. The van der Waals surface area contributed by atoms with E-state index in [2.05, 4.69) is 11.1 Å². The minimum Gasteiger partial charge on any atom is -0.490 e. The van der Waals surface area contributed by atoms with Crippen molar-refractivity contribution in [2.75, 3.05) is 20.3 Å². The first kappa shape index (κ1) is 20.3. The molecule has 30 heavy (non-hydrogen) atoms. The maximum Gasteiger partial charge on any atom is 0.138 e. The number of aromatic nitrogens is 1. The molecule has 2 heterocycles. The van der Waals surface area contributed by atoms with Crippen molar-refractivity contribution in [2.24, 2.45) is 0 Å². The normalized spacial score (nSPS) is 10.9. The van der Waals surface area contributed by atoms with E-state index in [9.17, 15) is 9.65 Å². The number of hydrogen-bond donors (Lipinski definition) is 0. The van der Waals surface area contributed by atoms with Crippen LogP contribution in [0.4, 0.5) is 4.39 Å². The van der Waals surface area contributed by atoms with Crippen LogP contribution in [0, 0.1) is 17.1 Å². The van der Waals surface area contributed by atoms with E-state index in [0.29, 0.717) is 34.3 Å². The molecule has 0 amide bonds. The lowest BCUT2D eigenvalue weighted by Crippen LogP contribution is -2.05. The number of thiophene rings is 1. The molecule has 0 atom stereocenters. The van der Waals surface area contributed by atoms with Gasteiger partial charge in [-0.3, -0.25) is 0 Å². The van der Waals surface area contributed by atoms with E-state index in [-0.39, 0.29) is 6.61 Å². The van der Waals surface area contributed by atoms with Gasteiger partial charge in [0.05, 0.1) is 23.9 Å². The molecule has 150 valence electrons. The van der Waals surface area contributed by atoms with Gasteiger partial charge in [0.25, 0.3) is 0 Å². The topological polar surface area (TPSA) is 55.1 Å². The Labute approximate surface area is 182 Å². The average molecular weight is 439 g/mol. The van der Waals surface area contributed by atoms with Crippen LogP contribution < -0.4 is 4.74 Å².